The summed E-state index contributed by atoms with van der Waals surface area (Å²) >= 11 is 0. The molecule has 0 spiro atoms. The Morgan fingerprint density at radius 3 is 2.24 bits per heavy atom. The van der Waals surface area contributed by atoms with Gasteiger partial charge in [0, 0.05) is 0 Å². The van der Waals surface area contributed by atoms with E-state index in [1.54, 1.807) is 0 Å². The fraction of sp³-hybridized carbons (Fsp3) is 0.368. The first-order chi connectivity index (χ1) is 9.90. The summed E-state index contributed by atoms with van der Waals surface area (Å²) in [7, 11) is 0. The average Bonchev–Trinajstić information content (AvgIpc) is 2.45. The van der Waals surface area contributed by atoms with Crippen LogP contribution in [0, 0.1) is 34.6 Å². The van der Waals surface area contributed by atoms with Crippen molar-refractivity contribution in [1.82, 2.24) is 0 Å². The number of aryl methyl sites for hydroxylation is 4. The van der Waals surface area contributed by atoms with Crippen molar-refractivity contribution in [3.63, 3.8) is 0 Å². The summed E-state index contributed by atoms with van der Waals surface area (Å²) in [6.07, 6.45) is 0. The molecule has 21 heavy (non-hydrogen) atoms. The molecule has 0 heterocycles. The first-order valence-corrected chi connectivity index (χ1v) is 7.42. The third-order valence-electron chi connectivity index (χ3n) is 4.12. The predicted octanol–water partition coefficient (Wildman–Crippen LogP) is 4.31. The lowest BCUT2D eigenvalue weighted by atomic mass is 10.00. The molecule has 0 aliphatic heterocycles. The maximum Gasteiger partial charge on any atom is 0.125 e. The summed E-state index contributed by atoms with van der Waals surface area (Å²) in [4.78, 5) is 0. The molecular formula is C19H25NO. The summed E-state index contributed by atoms with van der Waals surface area (Å²) in [6.45, 7) is 11.0. The van der Waals surface area contributed by atoms with Crippen LogP contribution in [0.5, 0.6) is 5.75 Å². The van der Waals surface area contributed by atoms with E-state index < -0.39 is 0 Å². The van der Waals surface area contributed by atoms with Crippen molar-refractivity contribution in [1.29, 1.82) is 0 Å². The van der Waals surface area contributed by atoms with Crippen LogP contribution in [0.3, 0.4) is 0 Å². The second-order valence-corrected chi connectivity index (χ2v) is 5.93. The molecule has 2 aromatic rings. The summed E-state index contributed by atoms with van der Waals surface area (Å²) in [5.74, 6) is 0.968. The Morgan fingerprint density at radius 1 is 0.905 bits per heavy atom. The Kier molecular flexibility index (Phi) is 4.69. The molecular weight excluding hydrogens is 258 g/mol. The largest absolute Gasteiger partial charge is 0.491 e. The average molecular weight is 283 g/mol. The molecule has 1 atom stereocenters. The standard InChI is InChI=1S/C19H25NO/c1-12-6-7-14(3)17(10-12)18(20)11-21-19-15(4)9-8-13(2)16(19)5/h6-10,18H,11,20H2,1-5H3. The van der Waals surface area contributed by atoms with Crippen LogP contribution in [0.2, 0.25) is 0 Å². The van der Waals surface area contributed by atoms with Crippen LogP contribution < -0.4 is 10.5 Å². The molecule has 2 heteroatoms. The van der Waals surface area contributed by atoms with Crippen LogP contribution in [-0.4, -0.2) is 6.61 Å². The van der Waals surface area contributed by atoms with Gasteiger partial charge in [-0.1, -0.05) is 35.9 Å². The molecule has 2 N–H and O–H groups in total. The topological polar surface area (TPSA) is 35.2 Å². The van der Waals surface area contributed by atoms with E-state index in [9.17, 15) is 0 Å². The van der Waals surface area contributed by atoms with E-state index in [-0.39, 0.29) is 6.04 Å². The van der Waals surface area contributed by atoms with Gasteiger partial charge in [0.2, 0.25) is 0 Å². The van der Waals surface area contributed by atoms with Gasteiger partial charge in [-0.05, 0) is 62.4 Å². The Labute approximate surface area is 127 Å². The highest BCUT2D eigenvalue weighted by Crippen LogP contribution is 2.27. The Bertz CT molecular complexity index is 646. The molecule has 0 saturated heterocycles. The van der Waals surface area contributed by atoms with Gasteiger partial charge in [-0.2, -0.15) is 0 Å². The van der Waals surface area contributed by atoms with E-state index >= 15 is 0 Å². The maximum absolute atomic E-state index is 6.33. The van der Waals surface area contributed by atoms with E-state index in [4.69, 9.17) is 10.5 Å². The summed E-state index contributed by atoms with van der Waals surface area (Å²) in [6, 6.07) is 10.5. The van der Waals surface area contributed by atoms with Crippen LogP contribution in [-0.2, 0) is 0 Å². The van der Waals surface area contributed by atoms with Crippen molar-refractivity contribution in [2.75, 3.05) is 6.61 Å². The second-order valence-electron chi connectivity index (χ2n) is 5.93. The fourth-order valence-electron chi connectivity index (χ4n) is 2.57. The van der Waals surface area contributed by atoms with Crippen LogP contribution in [0.4, 0.5) is 0 Å². The number of hydrogen-bond donors (Lipinski definition) is 1. The van der Waals surface area contributed by atoms with Gasteiger partial charge in [0.05, 0.1) is 6.04 Å². The quantitative estimate of drug-likeness (QED) is 0.907. The lowest BCUT2D eigenvalue weighted by Crippen LogP contribution is -2.20. The third kappa shape index (κ3) is 3.45. The molecule has 2 rings (SSSR count). The molecule has 2 aromatic carbocycles. The molecule has 0 aliphatic carbocycles. The van der Waals surface area contributed by atoms with Crippen molar-refractivity contribution in [3.8, 4) is 5.75 Å². The summed E-state index contributed by atoms with van der Waals surface area (Å²) < 4.78 is 6.03. The minimum absolute atomic E-state index is 0.107. The zero-order chi connectivity index (χ0) is 15.6. The van der Waals surface area contributed by atoms with E-state index in [0.29, 0.717) is 6.61 Å². The first-order valence-electron chi connectivity index (χ1n) is 7.42. The van der Waals surface area contributed by atoms with Crippen molar-refractivity contribution < 1.29 is 4.74 Å². The summed E-state index contributed by atoms with van der Waals surface area (Å²) in [5.41, 5.74) is 13.5. The van der Waals surface area contributed by atoms with E-state index in [0.717, 1.165) is 16.9 Å². The van der Waals surface area contributed by atoms with Gasteiger partial charge in [0.25, 0.3) is 0 Å². The van der Waals surface area contributed by atoms with Crippen molar-refractivity contribution >= 4 is 0 Å². The molecule has 0 fully saturated rings. The second kappa shape index (κ2) is 6.31. The minimum atomic E-state index is -0.107. The number of ether oxygens (including phenoxy) is 1. The van der Waals surface area contributed by atoms with Crippen molar-refractivity contribution in [3.05, 3.63) is 63.7 Å². The van der Waals surface area contributed by atoms with Crippen LogP contribution in [0.15, 0.2) is 30.3 Å². The van der Waals surface area contributed by atoms with E-state index in [1.165, 1.54) is 22.3 Å². The highest BCUT2D eigenvalue weighted by atomic mass is 16.5. The zero-order valence-electron chi connectivity index (χ0n) is 13.7. The van der Waals surface area contributed by atoms with Gasteiger partial charge in [0.1, 0.15) is 12.4 Å². The number of rotatable bonds is 4. The minimum Gasteiger partial charge on any atom is -0.491 e. The van der Waals surface area contributed by atoms with Crippen molar-refractivity contribution in [2.24, 2.45) is 5.73 Å². The normalized spacial score (nSPS) is 12.3. The molecule has 112 valence electrons. The van der Waals surface area contributed by atoms with Gasteiger partial charge in [-0.25, -0.2) is 0 Å². The number of nitrogens with two attached hydrogens (primary N) is 1. The van der Waals surface area contributed by atoms with Gasteiger partial charge < -0.3 is 10.5 Å². The summed E-state index contributed by atoms with van der Waals surface area (Å²) in [5, 5.41) is 0. The van der Waals surface area contributed by atoms with E-state index in [1.807, 2.05) is 0 Å². The Hall–Kier alpha value is -1.80. The number of benzene rings is 2. The lowest BCUT2D eigenvalue weighted by molar-refractivity contribution is 0.286. The molecule has 0 aromatic heterocycles. The van der Waals surface area contributed by atoms with Crippen LogP contribution in [0.1, 0.15) is 39.4 Å². The van der Waals surface area contributed by atoms with Crippen LogP contribution in [0.25, 0.3) is 0 Å². The van der Waals surface area contributed by atoms with E-state index in [2.05, 4.69) is 65.0 Å². The first kappa shape index (κ1) is 15.6. The molecule has 2 nitrogen and oxygen atoms in total. The number of hydrogen-bond acceptors (Lipinski definition) is 2. The highest BCUT2D eigenvalue weighted by molar-refractivity contribution is 5.44. The predicted molar refractivity (Wildman–Crippen MR) is 89.0 cm³/mol. The highest BCUT2D eigenvalue weighted by Gasteiger charge is 2.12. The van der Waals surface area contributed by atoms with Gasteiger partial charge >= 0.3 is 0 Å². The monoisotopic (exact) mass is 283 g/mol. The SMILES string of the molecule is Cc1ccc(C)c(C(N)COc2c(C)ccc(C)c2C)c1. The van der Waals surface area contributed by atoms with Gasteiger partial charge in [-0.3, -0.25) is 0 Å². The molecule has 1 unspecified atom stereocenters. The lowest BCUT2D eigenvalue weighted by Gasteiger charge is -2.19. The molecule has 0 saturated carbocycles. The fourth-order valence-corrected chi connectivity index (χ4v) is 2.57. The molecule has 0 bridgehead atoms. The smallest absolute Gasteiger partial charge is 0.125 e. The van der Waals surface area contributed by atoms with Gasteiger partial charge in [-0.15, -0.1) is 0 Å². The maximum atomic E-state index is 6.33. The Morgan fingerprint density at radius 2 is 1.52 bits per heavy atom. The molecule has 0 radical (unpaired) electrons. The molecule has 0 aliphatic rings. The Balaban J connectivity index is 2.17. The van der Waals surface area contributed by atoms with Gasteiger partial charge in [0.15, 0.2) is 0 Å². The van der Waals surface area contributed by atoms with Crippen molar-refractivity contribution in [2.45, 2.75) is 40.7 Å². The molecule has 0 amide bonds. The zero-order valence-corrected chi connectivity index (χ0v) is 13.7. The third-order valence-corrected chi connectivity index (χ3v) is 4.12. The van der Waals surface area contributed by atoms with Crippen LogP contribution >= 0.6 is 0 Å².